The van der Waals surface area contributed by atoms with Gasteiger partial charge in [0.2, 0.25) is 0 Å². The zero-order chi connectivity index (χ0) is 8.43. The normalized spacial score (nSPS) is 9.45. The zero-order valence-electron chi connectivity index (χ0n) is 5.20. The highest BCUT2D eigenvalue weighted by molar-refractivity contribution is 5.97. The number of aromatic carboxylic acids is 2. The Kier molecular flexibility index (Phi) is 1.63. The van der Waals surface area contributed by atoms with Gasteiger partial charge in [-0.25, -0.2) is 0 Å². The summed E-state index contributed by atoms with van der Waals surface area (Å²) < 4.78 is 4.30. The molecule has 1 aromatic heterocycles. The van der Waals surface area contributed by atoms with Gasteiger partial charge in [-0.3, -0.25) is 0 Å². The topological polar surface area (TPSA) is 93.4 Å². The molecule has 0 amide bonds. The molecule has 0 aliphatic rings. The number of carboxylic acids is 2. The fourth-order valence-corrected chi connectivity index (χ4v) is 0.628. The second-order valence-electron chi connectivity index (χ2n) is 1.74. The van der Waals surface area contributed by atoms with Gasteiger partial charge in [-0.2, -0.15) is 0 Å². The molecule has 0 unspecified atom stereocenters. The van der Waals surface area contributed by atoms with Crippen LogP contribution in [-0.4, -0.2) is 11.9 Å². The number of rotatable bonds is 2. The molecule has 0 saturated heterocycles. The van der Waals surface area contributed by atoms with Gasteiger partial charge in [0.25, 0.3) is 0 Å². The molecule has 0 aliphatic carbocycles. The third kappa shape index (κ3) is 1.21. The molecule has 58 valence electrons. The van der Waals surface area contributed by atoms with Crippen molar-refractivity contribution in [3.8, 4) is 0 Å². The smallest absolute Gasteiger partial charge is 0.158 e. The minimum Gasteiger partial charge on any atom is -0.545 e. The maximum absolute atomic E-state index is 10.1. The van der Waals surface area contributed by atoms with Gasteiger partial charge >= 0.3 is 0 Å². The van der Waals surface area contributed by atoms with Crippen LogP contribution in [-0.2, 0) is 0 Å². The number of carbonyl (C=O) groups is 2. The fourth-order valence-electron chi connectivity index (χ4n) is 0.628. The Bertz CT molecular complexity index is 269. The molecule has 0 radical (unpaired) electrons. The second-order valence-corrected chi connectivity index (χ2v) is 1.74. The SMILES string of the molecule is O=C([O-])c1ccoc1C(=O)[O-]. The van der Waals surface area contributed by atoms with Crippen molar-refractivity contribution in [2.45, 2.75) is 0 Å². The van der Waals surface area contributed by atoms with Crippen molar-refractivity contribution in [2.24, 2.45) is 0 Å². The summed E-state index contributed by atoms with van der Waals surface area (Å²) in [7, 11) is 0. The highest BCUT2D eigenvalue weighted by Crippen LogP contribution is 2.07. The van der Waals surface area contributed by atoms with E-state index in [-0.39, 0.29) is 0 Å². The second kappa shape index (κ2) is 2.45. The number of hydrogen-bond acceptors (Lipinski definition) is 5. The van der Waals surface area contributed by atoms with Crippen molar-refractivity contribution in [1.29, 1.82) is 0 Å². The molecule has 0 aromatic carbocycles. The van der Waals surface area contributed by atoms with Crippen molar-refractivity contribution in [3.05, 3.63) is 23.7 Å². The average molecular weight is 154 g/mol. The van der Waals surface area contributed by atoms with Gasteiger partial charge in [-0.05, 0) is 6.07 Å². The van der Waals surface area contributed by atoms with Crippen LogP contribution in [0.2, 0.25) is 0 Å². The first-order valence-corrected chi connectivity index (χ1v) is 2.63. The van der Waals surface area contributed by atoms with E-state index in [1.807, 2.05) is 0 Å². The quantitative estimate of drug-likeness (QED) is 0.491. The molecule has 5 nitrogen and oxygen atoms in total. The molecular weight excluding hydrogens is 152 g/mol. The lowest BCUT2D eigenvalue weighted by Crippen LogP contribution is -2.28. The van der Waals surface area contributed by atoms with Gasteiger partial charge in [-0.1, -0.05) is 0 Å². The van der Waals surface area contributed by atoms with Crippen molar-refractivity contribution in [2.75, 3.05) is 0 Å². The summed E-state index contributed by atoms with van der Waals surface area (Å²) in [6.07, 6.45) is 0.941. The van der Waals surface area contributed by atoms with Gasteiger partial charge in [0, 0.05) is 5.56 Å². The van der Waals surface area contributed by atoms with Gasteiger partial charge in [-0.15, -0.1) is 0 Å². The van der Waals surface area contributed by atoms with Gasteiger partial charge in [0.1, 0.15) is 5.97 Å². The molecule has 11 heavy (non-hydrogen) atoms. The van der Waals surface area contributed by atoms with Crippen LogP contribution in [0.3, 0.4) is 0 Å². The monoisotopic (exact) mass is 154 g/mol. The van der Waals surface area contributed by atoms with Crippen molar-refractivity contribution < 1.29 is 24.2 Å². The molecule has 0 fully saturated rings. The van der Waals surface area contributed by atoms with Crippen LogP contribution in [0, 0.1) is 0 Å². The van der Waals surface area contributed by atoms with E-state index in [4.69, 9.17) is 0 Å². The van der Waals surface area contributed by atoms with E-state index >= 15 is 0 Å². The summed E-state index contributed by atoms with van der Waals surface area (Å²) in [5.41, 5.74) is -0.509. The first-order valence-electron chi connectivity index (χ1n) is 2.63. The first kappa shape index (κ1) is 7.33. The van der Waals surface area contributed by atoms with Crippen LogP contribution in [0.1, 0.15) is 20.9 Å². The lowest BCUT2D eigenvalue weighted by Gasteiger charge is -2.02. The Morgan fingerprint density at radius 2 is 1.91 bits per heavy atom. The first-order chi connectivity index (χ1) is 5.13. The Labute approximate surface area is 60.9 Å². The Morgan fingerprint density at radius 1 is 1.27 bits per heavy atom. The maximum Gasteiger partial charge on any atom is 0.158 e. The summed E-state index contributed by atoms with van der Waals surface area (Å²) in [6, 6.07) is 0.987. The van der Waals surface area contributed by atoms with E-state index in [2.05, 4.69) is 4.42 Å². The minimum atomic E-state index is -1.67. The average Bonchev–Trinajstić information content (AvgIpc) is 2.32. The molecular formula is C6H2O5-2. The van der Waals surface area contributed by atoms with E-state index in [1.165, 1.54) is 0 Å². The summed E-state index contributed by atoms with van der Waals surface area (Å²) in [5, 5.41) is 20.2. The van der Waals surface area contributed by atoms with Crippen molar-refractivity contribution in [1.82, 2.24) is 0 Å². The van der Waals surface area contributed by atoms with Gasteiger partial charge < -0.3 is 24.2 Å². The van der Waals surface area contributed by atoms with Crippen LogP contribution in [0.4, 0.5) is 0 Å². The van der Waals surface area contributed by atoms with E-state index < -0.39 is 23.3 Å². The van der Waals surface area contributed by atoms with Crippen LogP contribution in [0.25, 0.3) is 0 Å². The lowest BCUT2D eigenvalue weighted by atomic mass is 10.2. The Hall–Kier alpha value is -1.78. The highest BCUT2D eigenvalue weighted by Gasteiger charge is 2.06. The summed E-state index contributed by atoms with van der Waals surface area (Å²) in [4.78, 5) is 20.2. The third-order valence-electron chi connectivity index (χ3n) is 1.07. The predicted molar refractivity (Wildman–Crippen MR) is 27.4 cm³/mol. The third-order valence-corrected chi connectivity index (χ3v) is 1.07. The number of hydrogen-bond donors (Lipinski definition) is 0. The fraction of sp³-hybridized carbons (Fsp3) is 0. The summed E-state index contributed by atoms with van der Waals surface area (Å²) in [6.45, 7) is 0. The highest BCUT2D eigenvalue weighted by atomic mass is 16.4. The molecule has 0 aliphatic heterocycles. The zero-order valence-corrected chi connectivity index (χ0v) is 5.20. The van der Waals surface area contributed by atoms with Gasteiger partial charge in [0.05, 0.1) is 12.2 Å². The molecule has 0 N–H and O–H groups in total. The van der Waals surface area contributed by atoms with Crippen LogP contribution < -0.4 is 10.2 Å². The van der Waals surface area contributed by atoms with E-state index in [9.17, 15) is 19.8 Å². The molecule has 1 rings (SSSR count). The summed E-state index contributed by atoms with van der Waals surface area (Å²) in [5.74, 6) is -3.99. The van der Waals surface area contributed by atoms with Crippen molar-refractivity contribution >= 4 is 11.9 Å². The molecule has 0 bridgehead atoms. The summed E-state index contributed by atoms with van der Waals surface area (Å²) >= 11 is 0. The molecule has 1 heterocycles. The molecule has 0 saturated carbocycles. The molecule has 1 aromatic rings. The number of furan rings is 1. The van der Waals surface area contributed by atoms with Crippen LogP contribution >= 0.6 is 0 Å². The Morgan fingerprint density at radius 3 is 2.27 bits per heavy atom. The van der Waals surface area contributed by atoms with E-state index in [0.717, 1.165) is 12.3 Å². The molecule has 0 atom stereocenters. The lowest BCUT2D eigenvalue weighted by molar-refractivity contribution is -0.261. The predicted octanol–water partition coefficient (Wildman–Crippen LogP) is -1.99. The van der Waals surface area contributed by atoms with E-state index in [1.54, 1.807) is 0 Å². The van der Waals surface area contributed by atoms with E-state index in [0.29, 0.717) is 0 Å². The van der Waals surface area contributed by atoms with Crippen LogP contribution in [0.15, 0.2) is 16.7 Å². The minimum absolute atomic E-state index is 0.509. The number of carbonyl (C=O) groups excluding carboxylic acids is 2. The molecule has 5 heteroatoms. The number of carboxylic acid groups (broad SMARTS) is 2. The standard InChI is InChI=1S/C6H4O5/c7-5(8)3-1-2-11-4(3)6(9)10/h1-2H,(H,7,8)(H,9,10)/p-2. The Balaban J connectivity index is 3.16. The van der Waals surface area contributed by atoms with Crippen molar-refractivity contribution in [3.63, 3.8) is 0 Å². The maximum atomic E-state index is 10.1. The molecule has 0 spiro atoms. The largest absolute Gasteiger partial charge is 0.545 e. The van der Waals surface area contributed by atoms with Gasteiger partial charge in [0.15, 0.2) is 5.76 Å². The van der Waals surface area contributed by atoms with Crippen LogP contribution in [0.5, 0.6) is 0 Å².